The first kappa shape index (κ1) is 17.2. The van der Waals surface area contributed by atoms with Gasteiger partial charge in [0, 0.05) is 12.8 Å². The molecule has 1 aromatic rings. The fourth-order valence-corrected chi connectivity index (χ4v) is 3.50. The molecule has 1 spiro atoms. The molecule has 4 nitrogen and oxygen atoms in total. The highest BCUT2D eigenvalue weighted by molar-refractivity contribution is 5.89. The molecule has 1 aliphatic carbocycles. The Morgan fingerprint density at radius 1 is 1.29 bits per heavy atom. The zero-order chi connectivity index (χ0) is 16.8. The molecule has 2 aliphatic rings. The normalized spacial score (nSPS) is 23.8. The molecule has 0 amide bonds. The van der Waals surface area contributed by atoms with E-state index in [4.69, 9.17) is 14.2 Å². The third-order valence-electron chi connectivity index (χ3n) is 4.83. The number of rotatable bonds is 6. The van der Waals surface area contributed by atoms with Gasteiger partial charge in [-0.25, -0.2) is 4.79 Å². The van der Waals surface area contributed by atoms with E-state index in [2.05, 4.69) is 6.58 Å². The summed E-state index contributed by atoms with van der Waals surface area (Å²) in [6, 6.07) is 9.08. The molecule has 1 aromatic carbocycles. The highest BCUT2D eigenvalue weighted by atomic mass is 16.8. The van der Waals surface area contributed by atoms with Crippen molar-refractivity contribution in [2.75, 3.05) is 6.61 Å². The van der Waals surface area contributed by atoms with Crippen LogP contribution in [0.15, 0.2) is 43.0 Å². The lowest BCUT2D eigenvalue weighted by Crippen LogP contribution is -2.37. The second-order valence-electron chi connectivity index (χ2n) is 6.61. The zero-order valence-electron chi connectivity index (χ0n) is 14.1. The minimum absolute atomic E-state index is 0.198. The topological polar surface area (TPSA) is 44.8 Å². The van der Waals surface area contributed by atoms with Crippen LogP contribution in [0.2, 0.25) is 0 Å². The summed E-state index contributed by atoms with van der Waals surface area (Å²) in [5, 5.41) is 0. The van der Waals surface area contributed by atoms with E-state index in [0.717, 1.165) is 32.1 Å². The SMILES string of the molecule is C=CCCC(OC(=O)c1ccccc1)C1COC2(CCCCC2)O1. The van der Waals surface area contributed by atoms with E-state index >= 15 is 0 Å². The monoisotopic (exact) mass is 330 g/mol. The van der Waals surface area contributed by atoms with Crippen LogP contribution in [0.3, 0.4) is 0 Å². The molecule has 0 bridgehead atoms. The number of hydrogen-bond donors (Lipinski definition) is 0. The van der Waals surface area contributed by atoms with Crippen LogP contribution in [0.4, 0.5) is 0 Å². The van der Waals surface area contributed by atoms with E-state index in [1.54, 1.807) is 12.1 Å². The Kier molecular flexibility index (Phi) is 5.69. The summed E-state index contributed by atoms with van der Waals surface area (Å²) in [5.41, 5.74) is 0.562. The molecule has 2 atom stereocenters. The number of benzene rings is 1. The van der Waals surface area contributed by atoms with Gasteiger partial charge in [0.25, 0.3) is 0 Å². The van der Waals surface area contributed by atoms with Crippen LogP contribution in [0.5, 0.6) is 0 Å². The van der Waals surface area contributed by atoms with Crippen molar-refractivity contribution in [3.63, 3.8) is 0 Å². The van der Waals surface area contributed by atoms with Crippen molar-refractivity contribution in [2.45, 2.75) is 62.9 Å². The standard InChI is InChI=1S/C20H26O4/c1-2-3-12-17(23-19(21)16-10-6-4-7-11-16)18-15-22-20(24-18)13-8-5-9-14-20/h2,4,6-7,10-11,17-18H,1,3,5,8-9,12-15H2. The average Bonchev–Trinajstić information content (AvgIpc) is 3.03. The van der Waals surface area contributed by atoms with Crippen LogP contribution in [-0.2, 0) is 14.2 Å². The molecule has 0 N–H and O–H groups in total. The maximum Gasteiger partial charge on any atom is 0.338 e. The van der Waals surface area contributed by atoms with E-state index in [0.29, 0.717) is 18.6 Å². The summed E-state index contributed by atoms with van der Waals surface area (Å²) in [6.07, 6.45) is 8.19. The quantitative estimate of drug-likeness (QED) is 0.578. The van der Waals surface area contributed by atoms with E-state index < -0.39 is 5.79 Å². The second-order valence-corrected chi connectivity index (χ2v) is 6.61. The summed E-state index contributed by atoms with van der Waals surface area (Å²) in [7, 11) is 0. The molecular weight excluding hydrogens is 304 g/mol. The summed E-state index contributed by atoms with van der Waals surface area (Å²) >= 11 is 0. The van der Waals surface area contributed by atoms with Gasteiger partial charge in [0.2, 0.25) is 0 Å². The molecule has 2 fully saturated rings. The first-order chi connectivity index (χ1) is 11.7. The van der Waals surface area contributed by atoms with Crippen molar-refractivity contribution in [3.8, 4) is 0 Å². The number of carbonyl (C=O) groups excluding carboxylic acids is 1. The van der Waals surface area contributed by atoms with Crippen molar-refractivity contribution in [1.29, 1.82) is 0 Å². The Balaban J connectivity index is 1.65. The summed E-state index contributed by atoms with van der Waals surface area (Å²) < 4.78 is 18.0. The maximum absolute atomic E-state index is 12.4. The van der Waals surface area contributed by atoms with Gasteiger partial charge in [-0.3, -0.25) is 0 Å². The minimum Gasteiger partial charge on any atom is -0.456 e. The first-order valence-corrected chi connectivity index (χ1v) is 8.91. The summed E-state index contributed by atoms with van der Waals surface area (Å²) in [4.78, 5) is 12.4. The van der Waals surface area contributed by atoms with Crippen molar-refractivity contribution in [2.24, 2.45) is 0 Å². The third kappa shape index (κ3) is 4.05. The molecule has 0 radical (unpaired) electrons. The van der Waals surface area contributed by atoms with E-state index in [1.807, 2.05) is 24.3 Å². The van der Waals surface area contributed by atoms with E-state index in [1.165, 1.54) is 6.42 Å². The van der Waals surface area contributed by atoms with Crippen molar-refractivity contribution < 1.29 is 19.0 Å². The number of hydrogen-bond acceptors (Lipinski definition) is 4. The Labute approximate surface area is 143 Å². The van der Waals surface area contributed by atoms with Gasteiger partial charge in [0.05, 0.1) is 12.2 Å². The van der Waals surface area contributed by atoms with Gasteiger partial charge < -0.3 is 14.2 Å². The minimum atomic E-state index is -0.450. The molecule has 1 saturated carbocycles. The van der Waals surface area contributed by atoms with Gasteiger partial charge in [-0.05, 0) is 37.8 Å². The Morgan fingerprint density at radius 3 is 2.75 bits per heavy atom. The number of esters is 1. The van der Waals surface area contributed by atoms with Gasteiger partial charge >= 0.3 is 5.97 Å². The molecule has 1 saturated heterocycles. The molecule has 0 aromatic heterocycles. The number of carbonyl (C=O) groups is 1. The molecule has 4 heteroatoms. The Hall–Kier alpha value is -1.65. The second kappa shape index (κ2) is 7.95. The van der Waals surface area contributed by atoms with Gasteiger partial charge in [-0.15, -0.1) is 6.58 Å². The van der Waals surface area contributed by atoms with Gasteiger partial charge in [-0.1, -0.05) is 30.7 Å². The fraction of sp³-hybridized carbons (Fsp3) is 0.550. The smallest absolute Gasteiger partial charge is 0.338 e. The number of allylic oxidation sites excluding steroid dienone is 1. The van der Waals surface area contributed by atoms with Gasteiger partial charge in [-0.2, -0.15) is 0 Å². The molecule has 130 valence electrons. The third-order valence-corrected chi connectivity index (χ3v) is 4.83. The van der Waals surface area contributed by atoms with Crippen LogP contribution in [-0.4, -0.2) is 30.6 Å². The summed E-state index contributed by atoms with van der Waals surface area (Å²) in [6.45, 7) is 4.26. The number of ether oxygens (including phenoxy) is 3. The molecule has 2 unspecified atom stereocenters. The molecule has 1 heterocycles. The van der Waals surface area contributed by atoms with E-state index in [-0.39, 0.29) is 18.2 Å². The van der Waals surface area contributed by atoms with Gasteiger partial charge in [0.15, 0.2) is 5.79 Å². The molecule has 3 rings (SSSR count). The molecular formula is C20H26O4. The van der Waals surface area contributed by atoms with E-state index in [9.17, 15) is 4.79 Å². The largest absolute Gasteiger partial charge is 0.456 e. The van der Waals surface area contributed by atoms with Crippen LogP contribution in [0.1, 0.15) is 55.3 Å². The zero-order valence-corrected chi connectivity index (χ0v) is 14.1. The van der Waals surface area contributed by atoms with Crippen LogP contribution in [0, 0.1) is 0 Å². The summed E-state index contributed by atoms with van der Waals surface area (Å²) in [5.74, 6) is -0.757. The highest BCUT2D eigenvalue weighted by Crippen LogP contribution is 2.39. The van der Waals surface area contributed by atoms with Crippen molar-refractivity contribution >= 4 is 5.97 Å². The molecule has 24 heavy (non-hydrogen) atoms. The van der Waals surface area contributed by atoms with Crippen LogP contribution in [0.25, 0.3) is 0 Å². The van der Waals surface area contributed by atoms with Gasteiger partial charge in [0.1, 0.15) is 12.2 Å². The van der Waals surface area contributed by atoms with Crippen LogP contribution >= 0.6 is 0 Å². The first-order valence-electron chi connectivity index (χ1n) is 8.91. The lowest BCUT2D eigenvalue weighted by atomic mass is 9.94. The predicted molar refractivity (Wildman–Crippen MR) is 91.7 cm³/mol. The Morgan fingerprint density at radius 2 is 2.04 bits per heavy atom. The lowest BCUT2D eigenvalue weighted by molar-refractivity contribution is -0.196. The molecule has 1 aliphatic heterocycles. The van der Waals surface area contributed by atoms with Crippen molar-refractivity contribution in [3.05, 3.63) is 48.6 Å². The lowest BCUT2D eigenvalue weighted by Gasteiger charge is -2.32. The Bertz CT molecular complexity index is 548. The highest BCUT2D eigenvalue weighted by Gasteiger charge is 2.45. The predicted octanol–water partition coefficient (Wildman–Crippen LogP) is 4.25. The van der Waals surface area contributed by atoms with Crippen LogP contribution < -0.4 is 0 Å². The fourth-order valence-electron chi connectivity index (χ4n) is 3.50. The maximum atomic E-state index is 12.4. The van der Waals surface area contributed by atoms with Crippen molar-refractivity contribution in [1.82, 2.24) is 0 Å². The average molecular weight is 330 g/mol.